The third kappa shape index (κ3) is 4.00. The Morgan fingerprint density at radius 3 is 2.29 bits per heavy atom. The second kappa shape index (κ2) is 6.16. The highest BCUT2D eigenvalue weighted by Gasteiger charge is 1.86. The van der Waals surface area contributed by atoms with E-state index in [0.717, 1.165) is 10.2 Å². The van der Waals surface area contributed by atoms with Crippen LogP contribution in [0.1, 0.15) is 5.56 Å². The van der Waals surface area contributed by atoms with Gasteiger partial charge in [0.1, 0.15) is 0 Å². The Hall–Kier alpha value is -1.67. The maximum absolute atomic E-state index is 4.33. The maximum Gasteiger partial charge on any atom is 0.0630 e. The monoisotopic (exact) mass is 285 g/mol. The fourth-order valence-electron chi connectivity index (χ4n) is 1.37. The second-order valence-electron chi connectivity index (χ2n) is 3.52. The first-order valence-electron chi connectivity index (χ1n) is 5.36. The molecule has 2 aromatic carbocycles. The topological polar surface area (TPSA) is 12.4 Å². The number of benzene rings is 2. The van der Waals surface area contributed by atoms with Crippen molar-refractivity contribution in [3.63, 3.8) is 0 Å². The Labute approximate surface area is 110 Å². The van der Waals surface area contributed by atoms with Crippen LogP contribution in [-0.4, -0.2) is 6.21 Å². The molecule has 1 nitrogen and oxygen atoms in total. The third-order valence-electron chi connectivity index (χ3n) is 2.22. The van der Waals surface area contributed by atoms with Crippen LogP contribution in [0.4, 0.5) is 5.69 Å². The van der Waals surface area contributed by atoms with Crippen molar-refractivity contribution in [3.8, 4) is 0 Å². The fourth-order valence-corrected chi connectivity index (χ4v) is 1.64. The molecule has 2 rings (SSSR count). The molecule has 0 aliphatic carbocycles. The molecular formula is C15H12BrN. The van der Waals surface area contributed by atoms with Gasteiger partial charge in [0.25, 0.3) is 0 Å². The first-order valence-corrected chi connectivity index (χ1v) is 6.15. The highest BCUT2D eigenvalue weighted by molar-refractivity contribution is 9.10. The zero-order valence-corrected chi connectivity index (χ0v) is 10.8. The van der Waals surface area contributed by atoms with E-state index >= 15 is 0 Å². The van der Waals surface area contributed by atoms with Crippen LogP contribution in [0, 0.1) is 0 Å². The van der Waals surface area contributed by atoms with Crippen molar-refractivity contribution in [2.45, 2.75) is 0 Å². The molecule has 0 spiro atoms. The van der Waals surface area contributed by atoms with Crippen LogP contribution in [0.25, 0.3) is 6.08 Å². The van der Waals surface area contributed by atoms with Gasteiger partial charge >= 0.3 is 0 Å². The van der Waals surface area contributed by atoms with Crippen molar-refractivity contribution >= 4 is 33.9 Å². The molecule has 0 aliphatic heterocycles. The van der Waals surface area contributed by atoms with Crippen LogP contribution >= 0.6 is 15.9 Å². The SMILES string of the molecule is Brc1ccc(N=C/C=C/c2ccccc2)cc1. The molecule has 0 heterocycles. The number of nitrogens with zero attached hydrogens (tertiary/aromatic N) is 1. The first-order chi connectivity index (χ1) is 8.34. The second-order valence-corrected chi connectivity index (χ2v) is 4.44. The van der Waals surface area contributed by atoms with Crippen molar-refractivity contribution in [2.75, 3.05) is 0 Å². The molecule has 0 bridgehead atoms. The molecule has 2 aromatic rings. The quantitative estimate of drug-likeness (QED) is 0.714. The number of hydrogen-bond acceptors (Lipinski definition) is 1. The number of halogens is 1. The fraction of sp³-hybridized carbons (Fsp3) is 0. The van der Waals surface area contributed by atoms with Gasteiger partial charge in [-0.1, -0.05) is 52.3 Å². The molecule has 0 unspecified atom stereocenters. The van der Waals surface area contributed by atoms with Crippen molar-refractivity contribution in [1.29, 1.82) is 0 Å². The summed E-state index contributed by atoms with van der Waals surface area (Å²) in [4.78, 5) is 4.33. The van der Waals surface area contributed by atoms with Crippen LogP contribution < -0.4 is 0 Å². The predicted octanol–water partition coefficient (Wildman–Crippen LogP) is 4.86. The van der Waals surface area contributed by atoms with Crippen LogP contribution in [0.3, 0.4) is 0 Å². The summed E-state index contributed by atoms with van der Waals surface area (Å²) in [6, 6.07) is 18.1. The minimum atomic E-state index is 0.950. The summed E-state index contributed by atoms with van der Waals surface area (Å²) in [5.41, 5.74) is 2.13. The average Bonchev–Trinajstić information content (AvgIpc) is 2.38. The molecule has 2 heteroatoms. The van der Waals surface area contributed by atoms with Gasteiger partial charge in [0.05, 0.1) is 5.69 Å². The molecule has 0 saturated carbocycles. The minimum absolute atomic E-state index is 0.950. The van der Waals surface area contributed by atoms with Crippen LogP contribution in [-0.2, 0) is 0 Å². The Bertz CT molecular complexity index is 512. The summed E-state index contributed by atoms with van der Waals surface area (Å²) in [5.74, 6) is 0. The zero-order valence-electron chi connectivity index (χ0n) is 9.25. The minimum Gasteiger partial charge on any atom is -0.257 e. The smallest absolute Gasteiger partial charge is 0.0630 e. The highest BCUT2D eigenvalue weighted by Crippen LogP contribution is 2.16. The standard InChI is InChI=1S/C15H12BrN/c16-14-8-10-15(11-9-14)17-12-4-7-13-5-2-1-3-6-13/h1-12H/b7-4+,17-12?. The summed E-state index contributed by atoms with van der Waals surface area (Å²) in [6.07, 6.45) is 5.77. The maximum atomic E-state index is 4.33. The molecular weight excluding hydrogens is 274 g/mol. The predicted molar refractivity (Wildman–Crippen MR) is 77.8 cm³/mol. The van der Waals surface area contributed by atoms with Gasteiger partial charge in [-0.15, -0.1) is 0 Å². The molecule has 0 saturated heterocycles. The Morgan fingerprint density at radius 1 is 0.882 bits per heavy atom. The molecule has 0 aliphatic rings. The van der Waals surface area contributed by atoms with Gasteiger partial charge in [-0.05, 0) is 35.9 Å². The lowest BCUT2D eigenvalue weighted by molar-refractivity contribution is 1.52. The van der Waals surface area contributed by atoms with Gasteiger partial charge in [0.15, 0.2) is 0 Å². The first kappa shape index (κ1) is 11.8. The van der Waals surface area contributed by atoms with E-state index in [2.05, 4.69) is 33.1 Å². The van der Waals surface area contributed by atoms with Gasteiger partial charge in [-0.3, -0.25) is 4.99 Å². The van der Waals surface area contributed by atoms with Crippen LogP contribution in [0.2, 0.25) is 0 Å². The van der Waals surface area contributed by atoms with E-state index in [4.69, 9.17) is 0 Å². The van der Waals surface area contributed by atoms with E-state index in [1.54, 1.807) is 6.21 Å². The number of aliphatic imine (C=N–C) groups is 1. The Morgan fingerprint density at radius 2 is 1.59 bits per heavy atom. The third-order valence-corrected chi connectivity index (χ3v) is 2.75. The lowest BCUT2D eigenvalue weighted by Crippen LogP contribution is -1.70. The normalized spacial score (nSPS) is 11.4. The summed E-state index contributed by atoms with van der Waals surface area (Å²) < 4.78 is 1.07. The van der Waals surface area contributed by atoms with E-state index in [0.29, 0.717) is 0 Å². The van der Waals surface area contributed by atoms with E-state index in [9.17, 15) is 0 Å². The summed E-state index contributed by atoms with van der Waals surface area (Å²) in [6.45, 7) is 0. The van der Waals surface area contributed by atoms with E-state index < -0.39 is 0 Å². The molecule has 0 fully saturated rings. The Balaban J connectivity index is 1.98. The van der Waals surface area contributed by atoms with Gasteiger partial charge in [-0.2, -0.15) is 0 Å². The lowest BCUT2D eigenvalue weighted by Gasteiger charge is -1.92. The molecule has 0 amide bonds. The van der Waals surface area contributed by atoms with E-state index in [1.165, 1.54) is 5.56 Å². The zero-order chi connectivity index (χ0) is 11.9. The molecule has 17 heavy (non-hydrogen) atoms. The van der Waals surface area contributed by atoms with Gasteiger partial charge in [0.2, 0.25) is 0 Å². The number of allylic oxidation sites excluding steroid dienone is 1. The summed E-state index contributed by atoms with van der Waals surface area (Å²) in [7, 11) is 0. The number of hydrogen-bond donors (Lipinski definition) is 0. The van der Waals surface area contributed by atoms with Gasteiger partial charge in [-0.25, -0.2) is 0 Å². The van der Waals surface area contributed by atoms with E-state index in [1.807, 2.05) is 54.6 Å². The van der Waals surface area contributed by atoms with Crippen molar-refractivity contribution in [2.24, 2.45) is 4.99 Å². The average molecular weight is 286 g/mol. The van der Waals surface area contributed by atoms with Crippen LogP contribution in [0.15, 0.2) is 70.1 Å². The van der Waals surface area contributed by atoms with Crippen molar-refractivity contribution in [1.82, 2.24) is 0 Å². The largest absolute Gasteiger partial charge is 0.257 e. The van der Waals surface area contributed by atoms with Gasteiger partial charge < -0.3 is 0 Å². The van der Waals surface area contributed by atoms with E-state index in [-0.39, 0.29) is 0 Å². The van der Waals surface area contributed by atoms with Crippen molar-refractivity contribution in [3.05, 3.63) is 70.7 Å². The molecule has 0 N–H and O–H groups in total. The summed E-state index contributed by atoms with van der Waals surface area (Å²) >= 11 is 3.39. The van der Waals surface area contributed by atoms with Crippen molar-refractivity contribution < 1.29 is 0 Å². The summed E-state index contributed by atoms with van der Waals surface area (Å²) in [5, 5.41) is 0. The van der Waals surface area contributed by atoms with Gasteiger partial charge in [0, 0.05) is 10.7 Å². The molecule has 0 radical (unpaired) electrons. The molecule has 0 atom stereocenters. The lowest BCUT2D eigenvalue weighted by atomic mass is 10.2. The molecule has 84 valence electrons. The Kier molecular flexibility index (Phi) is 4.28. The highest BCUT2D eigenvalue weighted by atomic mass is 79.9. The number of rotatable bonds is 3. The molecule has 0 aromatic heterocycles. The van der Waals surface area contributed by atoms with Crippen LogP contribution in [0.5, 0.6) is 0 Å².